The van der Waals surface area contributed by atoms with Crippen molar-refractivity contribution < 1.29 is 9.18 Å². The summed E-state index contributed by atoms with van der Waals surface area (Å²) in [6.45, 7) is 3.59. The fourth-order valence-electron chi connectivity index (χ4n) is 3.50. The van der Waals surface area contributed by atoms with E-state index in [0.29, 0.717) is 12.6 Å². The summed E-state index contributed by atoms with van der Waals surface area (Å²) in [4.78, 5) is 12.0. The molecule has 2 N–H and O–H groups in total. The molecule has 2 aromatic carbocycles. The van der Waals surface area contributed by atoms with E-state index in [1.54, 1.807) is 12.1 Å². The predicted octanol–water partition coefficient (Wildman–Crippen LogP) is 3.50. The maximum absolute atomic E-state index is 13.3. The number of nitrogens with one attached hydrogen (secondary N) is 2. The first-order valence-electron chi connectivity index (χ1n) is 8.25. The number of halogens is 1. The maximum Gasteiger partial charge on any atom is 0.251 e. The van der Waals surface area contributed by atoms with Crippen LogP contribution in [0, 0.1) is 5.82 Å². The number of amides is 1. The van der Waals surface area contributed by atoms with Crippen molar-refractivity contribution in [1.29, 1.82) is 0 Å². The molecule has 3 nitrogen and oxygen atoms in total. The number of rotatable bonds is 2. The summed E-state index contributed by atoms with van der Waals surface area (Å²) >= 11 is 0. The second-order valence-electron chi connectivity index (χ2n) is 6.49. The summed E-state index contributed by atoms with van der Waals surface area (Å²) in [6.07, 6.45) is 3.15. The number of hydrogen-bond donors (Lipinski definition) is 2. The molecule has 0 spiro atoms. The fraction of sp³-hybridized carbons (Fsp3) is 0.250. The summed E-state index contributed by atoms with van der Waals surface area (Å²) < 4.78 is 13.3. The lowest BCUT2D eigenvalue weighted by Crippen LogP contribution is -2.30. The van der Waals surface area contributed by atoms with Crippen LogP contribution in [0.25, 0.3) is 16.7 Å². The van der Waals surface area contributed by atoms with Gasteiger partial charge in [0, 0.05) is 24.7 Å². The van der Waals surface area contributed by atoms with Gasteiger partial charge in [-0.2, -0.15) is 0 Å². The SMILES string of the molecule is CC1CC(c2cc3c(cc2-c2ccc(F)cc2)C(=O)NC3)=CCN1. The molecule has 122 valence electrons. The predicted molar refractivity (Wildman–Crippen MR) is 93.1 cm³/mol. The smallest absolute Gasteiger partial charge is 0.251 e. The van der Waals surface area contributed by atoms with Crippen molar-refractivity contribution in [3.8, 4) is 11.1 Å². The molecule has 0 bridgehead atoms. The van der Waals surface area contributed by atoms with E-state index in [1.807, 2.05) is 6.07 Å². The average molecular weight is 322 g/mol. The van der Waals surface area contributed by atoms with Crippen molar-refractivity contribution in [3.63, 3.8) is 0 Å². The second-order valence-corrected chi connectivity index (χ2v) is 6.49. The molecule has 0 saturated heterocycles. The van der Waals surface area contributed by atoms with E-state index in [9.17, 15) is 9.18 Å². The average Bonchev–Trinajstić information content (AvgIpc) is 2.95. The Balaban J connectivity index is 1.89. The first-order chi connectivity index (χ1) is 11.6. The largest absolute Gasteiger partial charge is 0.348 e. The molecule has 1 unspecified atom stereocenters. The van der Waals surface area contributed by atoms with Crippen LogP contribution in [0.3, 0.4) is 0 Å². The zero-order valence-electron chi connectivity index (χ0n) is 13.5. The Bertz CT molecular complexity index is 839. The topological polar surface area (TPSA) is 41.1 Å². The van der Waals surface area contributed by atoms with E-state index in [0.717, 1.165) is 40.8 Å². The van der Waals surface area contributed by atoms with E-state index in [4.69, 9.17) is 0 Å². The molecule has 2 heterocycles. The third-order valence-corrected chi connectivity index (χ3v) is 4.77. The fourth-order valence-corrected chi connectivity index (χ4v) is 3.50. The van der Waals surface area contributed by atoms with Crippen molar-refractivity contribution in [2.75, 3.05) is 6.54 Å². The third-order valence-electron chi connectivity index (χ3n) is 4.77. The summed E-state index contributed by atoms with van der Waals surface area (Å²) in [5.74, 6) is -0.290. The Morgan fingerprint density at radius 2 is 1.88 bits per heavy atom. The Hall–Kier alpha value is -2.46. The summed E-state index contributed by atoms with van der Waals surface area (Å²) in [5.41, 5.74) is 6.11. The quantitative estimate of drug-likeness (QED) is 0.888. The van der Waals surface area contributed by atoms with Gasteiger partial charge < -0.3 is 10.6 Å². The van der Waals surface area contributed by atoms with Gasteiger partial charge >= 0.3 is 0 Å². The third kappa shape index (κ3) is 2.63. The molecule has 0 fully saturated rings. The van der Waals surface area contributed by atoms with Crippen LogP contribution in [-0.4, -0.2) is 18.5 Å². The molecule has 2 aliphatic rings. The molecule has 0 aromatic heterocycles. The van der Waals surface area contributed by atoms with E-state index in [1.165, 1.54) is 17.7 Å². The number of hydrogen-bond acceptors (Lipinski definition) is 2. The Morgan fingerprint density at radius 3 is 2.62 bits per heavy atom. The van der Waals surface area contributed by atoms with Crippen molar-refractivity contribution >= 4 is 11.5 Å². The minimum absolute atomic E-state index is 0.0347. The molecule has 4 rings (SSSR count). The van der Waals surface area contributed by atoms with Crippen LogP contribution < -0.4 is 10.6 Å². The number of carbonyl (C=O) groups is 1. The molecule has 2 aliphatic heterocycles. The zero-order chi connectivity index (χ0) is 16.7. The molecule has 1 atom stereocenters. The minimum atomic E-state index is -0.256. The van der Waals surface area contributed by atoms with Crippen LogP contribution in [0.1, 0.15) is 34.8 Å². The van der Waals surface area contributed by atoms with Crippen LogP contribution in [0.5, 0.6) is 0 Å². The molecule has 24 heavy (non-hydrogen) atoms. The van der Waals surface area contributed by atoms with E-state index in [-0.39, 0.29) is 11.7 Å². The lowest BCUT2D eigenvalue weighted by atomic mass is 9.87. The van der Waals surface area contributed by atoms with E-state index >= 15 is 0 Å². The van der Waals surface area contributed by atoms with Crippen LogP contribution >= 0.6 is 0 Å². The number of fused-ring (bicyclic) bond motifs is 1. The lowest BCUT2D eigenvalue weighted by Gasteiger charge is -2.23. The molecule has 1 amide bonds. The summed E-state index contributed by atoms with van der Waals surface area (Å²) in [5, 5.41) is 6.30. The van der Waals surface area contributed by atoms with Crippen LogP contribution in [-0.2, 0) is 6.54 Å². The van der Waals surface area contributed by atoms with Gasteiger partial charge in [-0.15, -0.1) is 0 Å². The molecule has 0 aliphatic carbocycles. The Kier molecular flexibility index (Phi) is 3.69. The molecule has 0 radical (unpaired) electrons. The van der Waals surface area contributed by atoms with Gasteiger partial charge in [-0.25, -0.2) is 4.39 Å². The molecule has 2 aromatic rings. The van der Waals surface area contributed by atoms with Crippen molar-refractivity contribution in [2.45, 2.75) is 25.9 Å². The highest BCUT2D eigenvalue weighted by molar-refractivity contribution is 6.01. The zero-order valence-corrected chi connectivity index (χ0v) is 13.5. The van der Waals surface area contributed by atoms with Gasteiger partial charge in [0.1, 0.15) is 5.82 Å². The van der Waals surface area contributed by atoms with Gasteiger partial charge in [-0.05, 0) is 65.4 Å². The van der Waals surface area contributed by atoms with E-state index < -0.39 is 0 Å². The monoisotopic (exact) mass is 322 g/mol. The van der Waals surface area contributed by atoms with Crippen molar-refractivity contribution in [1.82, 2.24) is 10.6 Å². The second kappa shape index (κ2) is 5.87. The normalized spacial score (nSPS) is 19.7. The van der Waals surface area contributed by atoms with Gasteiger partial charge in [0.2, 0.25) is 0 Å². The summed E-state index contributed by atoms with van der Waals surface area (Å²) in [7, 11) is 0. The number of benzene rings is 2. The van der Waals surface area contributed by atoms with E-state index in [2.05, 4.69) is 29.7 Å². The van der Waals surface area contributed by atoms with Crippen molar-refractivity contribution in [2.24, 2.45) is 0 Å². The molecular formula is C20H19FN2O. The van der Waals surface area contributed by atoms with Gasteiger partial charge in [-0.3, -0.25) is 4.79 Å². The molecule has 0 saturated carbocycles. The molecular weight excluding hydrogens is 303 g/mol. The highest BCUT2D eigenvalue weighted by Crippen LogP contribution is 2.36. The Labute approximate surface area is 140 Å². The van der Waals surface area contributed by atoms with Crippen molar-refractivity contribution in [3.05, 3.63) is 65.0 Å². The molecule has 4 heteroatoms. The Morgan fingerprint density at radius 1 is 1.08 bits per heavy atom. The van der Waals surface area contributed by atoms with Crippen LogP contribution in [0.15, 0.2) is 42.5 Å². The van der Waals surface area contributed by atoms with Gasteiger partial charge in [0.05, 0.1) is 0 Å². The first kappa shape index (κ1) is 15.1. The highest BCUT2D eigenvalue weighted by atomic mass is 19.1. The standard InChI is InChI=1S/C20H19FN2O/c1-12-8-14(6-7-22-12)17-9-15-11-23-20(24)19(15)10-18(17)13-2-4-16(21)5-3-13/h2-6,9-10,12,22H,7-8,11H2,1H3,(H,23,24). The number of carbonyl (C=O) groups excluding carboxylic acids is 1. The summed E-state index contributed by atoms with van der Waals surface area (Å²) in [6, 6.07) is 11.0. The first-order valence-corrected chi connectivity index (χ1v) is 8.25. The van der Waals surface area contributed by atoms with Gasteiger partial charge in [0.15, 0.2) is 0 Å². The van der Waals surface area contributed by atoms with Crippen LogP contribution in [0.2, 0.25) is 0 Å². The lowest BCUT2D eigenvalue weighted by molar-refractivity contribution is 0.0966. The minimum Gasteiger partial charge on any atom is -0.348 e. The van der Waals surface area contributed by atoms with Gasteiger partial charge in [0.25, 0.3) is 5.91 Å². The highest BCUT2D eigenvalue weighted by Gasteiger charge is 2.24. The van der Waals surface area contributed by atoms with Gasteiger partial charge in [-0.1, -0.05) is 18.2 Å². The van der Waals surface area contributed by atoms with Crippen LogP contribution in [0.4, 0.5) is 4.39 Å². The maximum atomic E-state index is 13.3.